The summed E-state index contributed by atoms with van der Waals surface area (Å²) in [7, 11) is 1.60. The minimum atomic E-state index is -0.619. The number of nitrogens with one attached hydrogen (secondary N) is 1. The first-order valence-electron chi connectivity index (χ1n) is 8.42. The summed E-state index contributed by atoms with van der Waals surface area (Å²) in [5.74, 6) is 0.187. The first kappa shape index (κ1) is 17.6. The summed E-state index contributed by atoms with van der Waals surface area (Å²) in [4.78, 5) is 13.0. The van der Waals surface area contributed by atoms with E-state index in [1.54, 1.807) is 7.11 Å². The van der Waals surface area contributed by atoms with E-state index in [-0.39, 0.29) is 5.91 Å². The van der Waals surface area contributed by atoms with Crippen molar-refractivity contribution in [2.75, 3.05) is 12.4 Å². The first-order chi connectivity index (χ1) is 12.7. The maximum absolute atomic E-state index is 13.0. The maximum atomic E-state index is 13.0. The number of aryl methyl sites for hydroxylation is 1. The standard InChI is InChI=1S/C19H21N5O2/c1-3-13-8-4-6-10-16(13)20-19(25)15(18-21-23-24-22-18)12-14-9-5-7-11-17(14)26-2/h4-11,15H,3,12H2,1-2H3,(H2,20,21,22,23,24,25)/p-1/t15-/m0/s1. The number of amides is 1. The molecule has 0 saturated heterocycles. The van der Waals surface area contributed by atoms with Crippen LogP contribution in [0.3, 0.4) is 0 Å². The second kappa shape index (κ2) is 8.24. The monoisotopic (exact) mass is 350 g/mol. The van der Waals surface area contributed by atoms with E-state index in [1.807, 2.05) is 55.5 Å². The van der Waals surface area contributed by atoms with Gasteiger partial charge in [0.05, 0.1) is 13.0 Å². The molecule has 0 bridgehead atoms. The minimum Gasteiger partial charge on any atom is -0.496 e. The number of benzene rings is 2. The van der Waals surface area contributed by atoms with Crippen LogP contribution in [0.1, 0.15) is 29.8 Å². The molecule has 0 fully saturated rings. The molecule has 0 spiro atoms. The van der Waals surface area contributed by atoms with Crippen LogP contribution in [-0.2, 0) is 17.6 Å². The number of para-hydroxylation sites is 2. The highest BCUT2D eigenvalue weighted by Gasteiger charge is 2.23. The molecule has 3 aromatic rings. The lowest BCUT2D eigenvalue weighted by molar-refractivity contribution is -0.117. The van der Waals surface area contributed by atoms with E-state index in [2.05, 4.69) is 25.9 Å². The molecule has 3 rings (SSSR count). The number of nitrogens with zero attached hydrogens (tertiary/aromatic N) is 4. The Bertz CT molecular complexity index is 864. The zero-order chi connectivity index (χ0) is 18.4. The molecule has 0 unspecified atom stereocenters. The maximum Gasteiger partial charge on any atom is 0.232 e. The highest BCUT2D eigenvalue weighted by Crippen LogP contribution is 2.26. The third-order valence-electron chi connectivity index (χ3n) is 4.24. The second-order valence-electron chi connectivity index (χ2n) is 5.81. The number of tetrazole rings is 1. The number of rotatable bonds is 7. The second-order valence-corrected chi connectivity index (χ2v) is 5.81. The van der Waals surface area contributed by atoms with Crippen LogP contribution in [0.5, 0.6) is 5.75 Å². The van der Waals surface area contributed by atoms with Gasteiger partial charge in [0, 0.05) is 11.5 Å². The zero-order valence-electron chi connectivity index (χ0n) is 14.7. The predicted octanol–water partition coefficient (Wildman–Crippen LogP) is 2.36. The summed E-state index contributed by atoms with van der Waals surface area (Å²) in [5, 5.41) is 17.8. The van der Waals surface area contributed by atoms with Crippen molar-refractivity contribution in [3.8, 4) is 5.75 Å². The number of carbonyl (C=O) groups is 1. The SMILES string of the molecule is CCc1ccccc1NC(=O)[C@@H](Cc1ccccc1OC)c1nnn[n-]1. The highest BCUT2D eigenvalue weighted by molar-refractivity contribution is 5.96. The Balaban J connectivity index is 1.88. The molecule has 0 radical (unpaired) electrons. The Morgan fingerprint density at radius 2 is 1.88 bits per heavy atom. The minimum absolute atomic E-state index is 0.202. The van der Waals surface area contributed by atoms with E-state index in [4.69, 9.17) is 4.74 Å². The average Bonchev–Trinajstić information content (AvgIpc) is 3.21. The van der Waals surface area contributed by atoms with Crippen molar-refractivity contribution < 1.29 is 9.53 Å². The first-order valence-corrected chi connectivity index (χ1v) is 8.42. The summed E-state index contributed by atoms with van der Waals surface area (Å²) >= 11 is 0. The lowest BCUT2D eigenvalue weighted by Crippen LogP contribution is -2.25. The summed E-state index contributed by atoms with van der Waals surface area (Å²) < 4.78 is 5.39. The average molecular weight is 350 g/mol. The van der Waals surface area contributed by atoms with Gasteiger partial charge in [0.25, 0.3) is 0 Å². The van der Waals surface area contributed by atoms with Crippen molar-refractivity contribution in [2.24, 2.45) is 0 Å². The van der Waals surface area contributed by atoms with Crippen LogP contribution in [0.15, 0.2) is 48.5 Å². The molecule has 0 aliphatic heterocycles. The third-order valence-corrected chi connectivity index (χ3v) is 4.24. The normalized spacial score (nSPS) is 11.8. The number of hydrogen-bond donors (Lipinski definition) is 1. The van der Waals surface area contributed by atoms with E-state index >= 15 is 0 Å². The van der Waals surface area contributed by atoms with Crippen LogP contribution in [-0.4, -0.2) is 28.5 Å². The molecule has 7 heteroatoms. The van der Waals surface area contributed by atoms with Gasteiger partial charge in [0.15, 0.2) is 0 Å². The largest absolute Gasteiger partial charge is 0.496 e. The van der Waals surface area contributed by atoms with E-state index in [0.29, 0.717) is 18.0 Å². The summed E-state index contributed by atoms with van der Waals surface area (Å²) in [6, 6.07) is 15.3. The van der Waals surface area contributed by atoms with E-state index in [0.717, 1.165) is 23.2 Å². The van der Waals surface area contributed by atoms with Gasteiger partial charge in [0.1, 0.15) is 5.75 Å². The predicted molar refractivity (Wildman–Crippen MR) is 97.0 cm³/mol. The Labute approximate surface area is 151 Å². The molecule has 1 atom stereocenters. The van der Waals surface area contributed by atoms with Gasteiger partial charge in [-0.05, 0) is 36.1 Å². The molecule has 0 aliphatic carbocycles. The van der Waals surface area contributed by atoms with Gasteiger partial charge in [-0.25, -0.2) is 0 Å². The smallest absolute Gasteiger partial charge is 0.232 e. The van der Waals surface area contributed by atoms with Crippen LogP contribution in [0.4, 0.5) is 5.69 Å². The van der Waals surface area contributed by atoms with Crippen LogP contribution < -0.4 is 15.2 Å². The van der Waals surface area contributed by atoms with Gasteiger partial charge in [-0.1, -0.05) is 43.3 Å². The number of carbonyl (C=O) groups excluding carboxylic acids is 1. The fourth-order valence-corrected chi connectivity index (χ4v) is 2.85. The van der Waals surface area contributed by atoms with Crippen LogP contribution in [0.2, 0.25) is 0 Å². The quantitative estimate of drug-likeness (QED) is 0.703. The van der Waals surface area contributed by atoms with E-state index in [1.165, 1.54) is 0 Å². The molecule has 1 amide bonds. The van der Waals surface area contributed by atoms with Gasteiger partial charge in [-0.2, -0.15) is 5.21 Å². The number of methoxy groups -OCH3 is 1. The topological polar surface area (TPSA) is 91.1 Å². The number of anilines is 1. The molecular weight excluding hydrogens is 330 g/mol. The molecule has 0 aliphatic rings. The lowest BCUT2D eigenvalue weighted by atomic mass is 9.96. The molecule has 1 heterocycles. The van der Waals surface area contributed by atoms with Crippen LogP contribution in [0, 0.1) is 0 Å². The summed E-state index contributed by atoms with van der Waals surface area (Å²) in [6.07, 6.45) is 1.21. The summed E-state index contributed by atoms with van der Waals surface area (Å²) in [5.41, 5.74) is 2.75. The molecule has 26 heavy (non-hydrogen) atoms. The highest BCUT2D eigenvalue weighted by atomic mass is 16.5. The van der Waals surface area contributed by atoms with Crippen LogP contribution in [0.25, 0.3) is 0 Å². The van der Waals surface area contributed by atoms with Crippen LogP contribution >= 0.6 is 0 Å². The lowest BCUT2D eigenvalue weighted by Gasteiger charge is -2.19. The van der Waals surface area contributed by atoms with Crippen molar-refractivity contribution in [1.82, 2.24) is 20.6 Å². The molecule has 0 saturated carbocycles. The Morgan fingerprint density at radius 3 is 2.58 bits per heavy atom. The number of ether oxygens (including phenoxy) is 1. The molecule has 2 aromatic carbocycles. The molecule has 1 aromatic heterocycles. The van der Waals surface area contributed by atoms with E-state index in [9.17, 15) is 4.79 Å². The van der Waals surface area contributed by atoms with Gasteiger partial charge < -0.3 is 15.2 Å². The van der Waals surface area contributed by atoms with Gasteiger partial charge in [-0.15, -0.1) is 0 Å². The fraction of sp³-hybridized carbons (Fsp3) is 0.263. The number of hydrogen-bond acceptors (Lipinski definition) is 5. The Morgan fingerprint density at radius 1 is 1.15 bits per heavy atom. The third kappa shape index (κ3) is 3.88. The Kier molecular flexibility index (Phi) is 5.58. The molecule has 7 nitrogen and oxygen atoms in total. The zero-order valence-corrected chi connectivity index (χ0v) is 14.7. The van der Waals surface area contributed by atoms with Crippen molar-refractivity contribution in [2.45, 2.75) is 25.7 Å². The van der Waals surface area contributed by atoms with Crippen molar-refractivity contribution in [3.05, 3.63) is 65.5 Å². The Hall–Kier alpha value is -3.22. The van der Waals surface area contributed by atoms with Gasteiger partial charge in [0.2, 0.25) is 5.91 Å². The van der Waals surface area contributed by atoms with Gasteiger partial charge >= 0.3 is 0 Å². The van der Waals surface area contributed by atoms with E-state index < -0.39 is 5.92 Å². The van der Waals surface area contributed by atoms with Crippen molar-refractivity contribution >= 4 is 11.6 Å². The van der Waals surface area contributed by atoms with Crippen molar-refractivity contribution in [1.29, 1.82) is 0 Å². The van der Waals surface area contributed by atoms with Gasteiger partial charge in [-0.3, -0.25) is 15.1 Å². The molecular formula is C19H20N5O2-. The van der Waals surface area contributed by atoms with Crippen molar-refractivity contribution in [3.63, 3.8) is 0 Å². The fourth-order valence-electron chi connectivity index (χ4n) is 2.85. The molecule has 1 N–H and O–H groups in total. The number of aromatic nitrogens is 4. The summed E-state index contributed by atoms with van der Waals surface area (Å²) in [6.45, 7) is 2.05. The molecule has 134 valence electrons.